The molecule has 0 bridgehead atoms. The standard InChI is InChI=1S/C8H12/c1-2-3-6-7-4-8(6,7)5-7/h6H,2-5H2,1H3. The maximum Gasteiger partial charge on any atom is -0.0193 e. The lowest BCUT2D eigenvalue weighted by Gasteiger charge is -2.19. The molecule has 0 atom stereocenters. The Morgan fingerprint density at radius 3 is 2.12 bits per heavy atom. The SMILES string of the molecule is CCCC1C23CC12C3. The van der Waals surface area contributed by atoms with Crippen LogP contribution in [0.2, 0.25) is 0 Å². The van der Waals surface area contributed by atoms with Crippen LogP contribution in [0.25, 0.3) is 0 Å². The van der Waals surface area contributed by atoms with Crippen molar-refractivity contribution in [2.75, 3.05) is 0 Å². The Hall–Kier alpha value is 0. The van der Waals surface area contributed by atoms with Crippen molar-refractivity contribution >= 4 is 0 Å². The van der Waals surface area contributed by atoms with E-state index in [2.05, 4.69) is 6.92 Å². The maximum absolute atomic E-state index is 2.31. The minimum Gasteiger partial charge on any atom is -0.0654 e. The molecule has 0 aliphatic heterocycles. The zero-order valence-corrected chi connectivity index (χ0v) is 5.41. The van der Waals surface area contributed by atoms with E-state index in [-0.39, 0.29) is 0 Å². The predicted octanol–water partition coefficient (Wildman–Crippen LogP) is 2.20. The molecule has 0 saturated heterocycles. The summed E-state index contributed by atoms with van der Waals surface area (Å²) in [6.07, 6.45) is 6.23. The van der Waals surface area contributed by atoms with Crippen LogP contribution in [0.3, 0.4) is 0 Å². The molecule has 0 radical (unpaired) electrons. The van der Waals surface area contributed by atoms with Crippen LogP contribution in [0.5, 0.6) is 0 Å². The van der Waals surface area contributed by atoms with Crippen LogP contribution in [-0.2, 0) is 0 Å². The summed E-state index contributed by atoms with van der Waals surface area (Å²) in [7, 11) is 0. The Bertz CT molecular complexity index is 137. The molecule has 0 heterocycles. The monoisotopic (exact) mass is 108 g/mol. The molecule has 0 aromatic heterocycles. The Labute approximate surface area is 50.3 Å². The molecular weight excluding hydrogens is 96.1 g/mol. The first kappa shape index (κ1) is 3.92. The van der Waals surface area contributed by atoms with Crippen molar-refractivity contribution < 1.29 is 0 Å². The molecule has 44 valence electrons. The van der Waals surface area contributed by atoms with Gasteiger partial charge >= 0.3 is 0 Å². The zero-order valence-electron chi connectivity index (χ0n) is 5.41. The predicted molar refractivity (Wildman–Crippen MR) is 32.5 cm³/mol. The van der Waals surface area contributed by atoms with E-state index in [1.54, 1.807) is 19.3 Å². The summed E-state index contributed by atoms with van der Waals surface area (Å²) in [4.78, 5) is 0. The molecule has 0 heteroatoms. The van der Waals surface area contributed by atoms with E-state index in [0.29, 0.717) is 0 Å². The largest absolute Gasteiger partial charge is 0.0654 e. The number of hydrogen-bond donors (Lipinski definition) is 0. The van der Waals surface area contributed by atoms with Gasteiger partial charge in [0.25, 0.3) is 0 Å². The van der Waals surface area contributed by atoms with E-state index in [1.165, 1.54) is 12.3 Å². The second-order valence-electron chi connectivity index (χ2n) is 4.01. The molecule has 0 unspecified atom stereocenters. The first-order chi connectivity index (χ1) is 3.86. The van der Waals surface area contributed by atoms with E-state index < -0.39 is 0 Å². The van der Waals surface area contributed by atoms with Crippen molar-refractivity contribution in [1.82, 2.24) is 0 Å². The molecule has 3 aliphatic rings. The Balaban J connectivity index is 1.72. The van der Waals surface area contributed by atoms with Gasteiger partial charge in [-0.1, -0.05) is 13.3 Å². The normalized spacial score (nSPS) is 70.9. The first-order valence-electron chi connectivity index (χ1n) is 3.86. The molecule has 0 nitrogen and oxygen atoms in total. The number of hydrogen-bond acceptors (Lipinski definition) is 0. The molecule has 3 aliphatic carbocycles. The molecule has 8 heavy (non-hydrogen) atoms. The second-order valence-corrected chi connectivity index (χ2v) is 4.01. The highest BCUT2D eigenvalue weighted by Gasteiger charge is 3.03. The molecule has 0 amide bonds. The molecule has 3 fully saturated rings. The van der Waals surface area contributed by atoms with Crippen molar-refractivity contribution in [3.05, 3.63) is 0 Å². The summed E-state index contributed by atoms with van der Waals surface area (Å²) < 4.78 is 0. The average molecular weight is 108 g/mol. The lowest BCUT2D eigenvalue weighted by Crippen LogP contribution is -2.10. The topological polar surface area (TPSA) is 0 Å². The first-order valence-corrected chi connectivity index (χ1v) is 3.86. The number of rotatable bonds is 2. The summed E-state index contributed by atoms with van der Waals surface area (Å²) in [5, 5.41) is 0. The molecule has 0 aromatic rings. The van der Waals surface area contributed by atoms with Crippen molar-refractivity contribution in [1.29, 1.82) is 0 Å². The highest BCUT2D eigenvalue weighted by Crippen LogP contribution is 3.10. The molecule has 3 saturated carbocycles. The van der Waals surface area contributed by atoms with E-state index in [9.17, 15) is 0 Å². The van der Waals surface area contributed by atoms with Crippen molar-refractivity contribution in [2.24, 2.45) is 16.7 Å². The summed E-state index contributed by atoms with van der Waals surface area (Å²) in [6, 6.07) is 0. The van der Waals surface area contributed by atoms with Gasteiger partial charge in [0, 0.05) is 0 Å². The molecule has 0 N–H and O–H groups in total. The van der Waals surface area contributed by atoms with Gasteiger partial charge < -0.3 is 0 Å². The Morgan fingerprint density at radius 1 is 1.38 bits per heavy atom. The average Bonchev–Trinajstić information content (AvgIpc) is 2.43. The van der Waals surface area contributed by atoms with Crippen LogP contribution in [0.15, 0.2) is 0 Å². The summed E-state index contributed by atoms with van der Waals surface area (Å²) >= 11 is 0. The molecule has 0 aromatic carbocycles. The summed E-state index contributed by atoms with van der Waals surface area (Å²) in [6.45, 7) is 2.31. The molecular formula is C8H12. The van der Waals surface area contributed by atoms with Crippen LogP contribution in [0.1, 0.15) is 32.6 Å². The van der Waals surface area contributed by atoms with Crippen molar-refractivity contribution in [3.63, 3.8) is 0 Å². The van der Waals surface area contributed by atoms with Gasteiger partial charge in [-0.15, -0.1) is 0 Å². The third-order valence-electron chi connectivity index (χ3n) is 3.83. The highest BCUT2D eigenvalue weighted by atomic mass is 15.1. The Morgan fingerprint density at radius 2 is 2.00 bits per heavy atom. The van der Waals surface area contributed by atoms with Gasteiger partial charge in [-0.2, -0.15) is 0 Å². The van der Waals surface area contributed by atoms with Gasteiger partial charge in [-0.25, -0.2) is 0 Å². The van der Waals surface area contributed by atoms with Gasteiger partial charge in [0.15, 0.2) is 0 Å². The highest BCUT2D eigenvalue weighted by molar-refractivity contribution is 5.51. The van der Waals surface area contributed by atoms with Gasteiger partial charge in [0.2, 0.25) is 0 Å². The minimum atomic E-state index is 1.03. The van der Waals surface area contributed by atoms with Gasteiger partial charge in [0.05, 0.1) is 0 Å². The van der Waals surface area contributed by atoms with E-state index in [4.69, 9.17) is 0 Å². The molecule has 3 rings (SSSR count). The Kier molecular flexibility index (Phi) is 0.342. The molecule has 0 spiro atoms. The fourth-order valence-corrected chi connectivity index (χ4v) is 2.90. The van der Waals surface area contributed by atoms with E-state index in [0.717, 1.165) is 10.8 Å². The summed E-state index contributed by atoms with van der Waals surface area (Å²) in [5.74, 6) is 1.24. The van der Waals surface area contributed by atoms with Crippen LogP contribution in [0.4, 0.5) is 0 Å². The van der Waals surface area contributed by atoms with Crippen LogP contribution in [-0.4, -0.2) is 0 Å². The second kappa shape index (κ2) is 0.698. The van der Waals surface area contributed by atoms with E-state index in [1.807, 2.05) is 0 Å². The lowest BCUT2D eigenvalue weighted by atomic mass is 9.85. The fourth-order valence-electron chi connectivity index (χ4n) is 2.90. The smallest absolute Gasteiger partial charge is 0.0193 e. The van der Waals surface area contributed by atoms with Crippen molar-refractivity contribution in [3.8, 4) is 0 Å². The van der Waals surface area contributed by atoms with Crippen LogP contribution < -0.4 is 0 Å². The van der Waals surface area contributed by atoms with Gasteiger partial charge in [0.1, 0.15) is 0 Å². The van der Waals surface area contributed by atoms with Gasteiger partial charge in [-0.05, 0) is 36.0 Å². The third-order valence-corrected chi connectivity index (χ3v) is 3.83. The summed E-state index contributed by atoms with van der Waals surface area (Å²) in [5.41, 5.74) is 2.06. The quantitative estimate of drug-likeness (QED) is 0.508. The maximum atomic E-state index is 2.31. The van der Waals surface area contributed by atoms with Gasteiger partial charge in [-0.3, -0.25) is 0 Å². The zero-order chi connectivity index (χ0) is 5.41. The van der Waals surface area contributed by atoms with E-state index >= 15 is 0 Å². The fraction of sp³-hybridized carbons (Fsp3) is 1.00. The third kappa shape index (κ3) is 0.167. The van der Waals surface area contributed by atoms with Crippen molar-refractivity contribution in [2.45, 2.75) is 32.6 Å². The van der Waals surface area contributed by atoms with Crippen LogP contribution >= 0.6 is 0 Å². The lowest BCUT2D eigenvalue weighted by molar-refractivity contribution is 0.302. The minimum absolute atomic E-state index is 1.03. The van der Waals surface area contributed by atoms with Crippen LogP contribution in [0, 0.1) is 16.7 Å².